The van der Waals surface area contributed by atoms with Crippen LogP contribution < -0.4 is 16.0 Å². The Balaban J connectivity index is 2.89. The van der Waals surface area contributed by atoms with Crippen molar-refractivity contribution in [2.75, 3.05) is 12.0 Å². The van der Waals surface area contributed by atoms with Crippen molar-refractivity contribution in [3.63, 3.8) is 0 Å². The molecule has 5 nitrogen and oxygen atoms in total. The average Bonchev–Trinajstić information content (AvgIpc) is 2.16. The van der Waals surface area contributed by atoms with Crippen LogP contribution >= 0.6 is 0 Å². The maximum atomic E-state index is 5.21. The number of rotatable bonds is 3. The molecule has 0 spiro atoms. The molecule has 0 unspecified atom stereocenters. The van der Waals surface area contributed by atoms with Crippen LogP contribution in [0.4, 0.5) is 5.82 Å². The summed E-state index contributed by atoms with van der Waals surface area (Å²) >= 11 is 0. The summed E-state index contributed by atoms with van der Waals surface area (Å²) in [5.74, 6) is 8.53. The average molecular weight is 178 g/mol. The molecule has 68 valence electrons. The van der Waals surface area contributed by atoms with Gasteiger partial charge in [0.15, 0.2) is 6.61 Å². The van der Waals surface area contributed by atoms with Gasteiger partial charge in [-0.15, -0.1) is 6.42 Å². The third kappa shape index (κ3) is 2.07. The minimum absolute atomic E-state index is 0.182. The molecule has 0 saturated heterocycles. The second-order valence-electron chi connectivity index (χ2n) is 2.29. The Kier molecular flexibility index (Phi) is 3.06. The first-order valence-electron chi connectivity index (χ1n) is 3.64. The molecular formula is C8H10N4O. The number of hydrazine groups is 1. The second-order valence-corrected chi connectivity index (χ2v) is 2.29. The second kappa shape index (κ2) is 4.28. The predicted octanol–water partition coefficient (Wildman–Crippen LogP) is 0.0826. The van der Waals surface area contributed by atoms with E-state index in [1.807, 2.05) is 0 Å². The van der Waals surface area contributed by atoms with E-state index in [0.29, 0.717) is 11.7 Å². The Morgan fingerprint density at radius 2 is 2.46 bits per heavy atom. The zero-order valence-electron chi connectivity index (χ0n) is 7.24. The van der Waals surface area contributed by atoms with Crippen molar-refractivity contribution in [2.45, 2.75) is 6.92 Å². The first-order chi connectivity index (χ1) is 6.29. The van der Waals surface area contributed by atoms with E-state index in [2.05, 4.69) is 21.3 Å². The van der Waals surface area contributed by atoms with Gasteiger partial charge in [0.25, 0.3) is 0 Å². The molecule has 0 fully saturated rings. The lowest BCUT2D eigenvalue weighted by Gasteiger charge is -2.07. The molecule has 0 radical (unpaired) electrons. The minimum atomic E-state index is 0.182. The largest absolute Gasteiger partial charge is 0.464 e. The molecule has 0 amide bonds. The number of terminal acetylenes is 1. The van der Waals surface area contributed by atoms with Crippen LogP contribution in [0.15, 0.2) is 6.33 Å². The number of anilines is 1. The zero-order chi connectivity index (χ0) is 9.68. The quantitative estimate of drug-likeness (QED) is 0.389. The Labute approximate surface area is 76.3 Å². The van der Waals surface area contributed by atoms with E-state index in [-0.39, 0.29) is 6.61 Å². The normalized spacial score (nSPS) is 9.00. The lowest BCUT2D eigenvalue weighted by atomic mass is 10.3. The van der Waals surface area contributed by atoms with E-state index in [1.165, 1.54) is 6.33 Å². The van der Waals surface area contributed by atoms with E-state index in [4.69, 9.17) is 17.0 Å². The van der Waals surface area contributed by atoms with Crippen LogP contribution in [-0.2, 0) is 0 Å². The van der Waals surface area contributed by atoms with Crippen LogP contribution in [0, 0.1) is 19.3 Å². The summed E-state index contributed by atoms with van der Waals surface area (Å²) in [6.07, 6.45) is 6.39. The maximum Gasteiger partial charge on any atom is 0.222 e. The number of aromatic nitrogens is 2. The number of nitrogens with zero attached hydrogens (tertiary/aromatic N) is 2. The van der Waals surface area contributed by atoms with Crippen molar-refractivity contribution >= 4 is 5.82 Å². The molecule has 5 heteroatoms. The van der Waals surface area contributed by atoms with E-state index in [1.54, 1.807) is 6.92 Å². The summed E-state index contributed by atoms with van der Waals surface area (Å²) in [5.41, 5.74) is 3.17. The van der Waals surface area contributed by atoms with Gasteiger partial charge in [-0.2, -0.15) is 0 Å². The van der Waals surface area contributed by atoms with Crippen LogP contribution in [-0.4, -0.2) is 16.6 Å². The highest BCUT2D eigenvalue weighted by atomic mass is 16.5. The number of nitrogen functional groups attached to an aromatic ring is 1. The molecule has 0 aliphatic heterocycles. The summed E-state index contributed by atoms with van der Waals surface area (Å²) in [6, 6.07) is 0. The van der Waals surface area contributed by atoms with Crippen LogP contribution in [0.5, 0.6) is 5.88 Å². The smallest absolute Gasteiger partial charge is 0.222 e. The summed E-state index contributed by atoms with van der Waals surface area (Å²) in [6.45, 7) is 1.98. The van der Waals surface area contributed by atoms with E-state index < -0.39 is 0 Å². The molecule has 0 aliphatic carbocycles. The van der Waals surface area contributed by atoms with Gasteiger partial charge < -0.3 is 10.2 Å². The van der Waals surface area contributed by atoms with E-state index >= 15 is 0 Å². The molecule has 0 aliphatic rings. The fraction of sp³-hybridized carbons (Fsp3) is 0.250. The Morgan fingerprint density at radius 3 is 3.08 bits per heavy atom. The van der Waals surface area contributed by atoms with Gasteiger partial charge in [-0.1, -0.05) is 5.92 Å². The fourth-order valence-corrected chi connectivity index (χ4v) is 0.835. The standard InChI is InChI=1S/C8H10N4O/c1-3-4-13-8-6(2)7(12-9)10-5-11-8/h1,5H,4,9H2,2H3,(H,10,11,12). The van der Waals surface area contributed by atoms with Gasteiger partial charge in [-0.25, -0.2) is 15.8 Å². The third-order valence-corrected chi connectivity index (χ3v) is 1.47. The van der Waals surface area contributed by atoms with Crippen molar-refractivity contribution in [3.8, 4) is 18.2 Å². The van der Waals surface area contributed by atoms with Gasteiger partial charge in [0.1, 0.15) is 12.1 Å². The number of hydrogen-bond acceptors (Lipinski definition) is 5. The number of ether oxygens (including phenoxy) is 1. The molecule has 13 heavy (non-hydrogen) atoms. The van der Waals surface area contributed by atoms with Crippen molar-refractivity contribution in [3.05, 3.63) is 11.9 Å². The van der Waals surface area contributed by atoms with Gasteiger partial charge in [0, 0.05) is 0 Å². The van der Waals surface area contributed by atoms with Crippen LogP contribution in [0.1, 0.15) is 5.56 Å². The highest BCUT2D eigenvalue weighted by Crippen LogP contribution is 2.18. The fourth-order valence-electron chi connectivity index (χ4n) is 0.835. The molecule has 0 bridgehead atoms. The number of nitrogens with two attached hydrogens (primary N) is 1. The molecule has 1 heterocycles. The lowest BCUT2D eigenvalue weighted by Crippen LogP contribution is -2.11. The topological polar surface area (TPSA) is 73.1 Å². The maximum absolute atomic E-state index is 5.21. The van der Waals surface area contributed by atoms with Crippen molar-refractivity contribution < 1.29 is 4.74 Å². The SMILES string of the molecule is C#CCOc1ncnc(NN)c1C. The Morgan fingerprint density at radius 1 is 1.69 bits per heavy atom. The lowest BCUT2D eigenvalue weighted by molar-refractivity contribution is 0.352. The first kappa shape index (κ1) is 9.29. The molecule has 1 aromatic heterocycles. The molecule has 0 atom stereocenters. The summed E-state index contributed by atoms with van der Waals surface area (Å²) in [5, 5.41) is 0. The van der Waals surface area contributed by atoms with Crippen LogP contribution in [0.25, 0.3) is 0 Å². The molecule has 0 aromatic carbocycles. The van der Waals surface area contributed by atoms with Gasteiger partial charge in [-0.05, 0) is 6.92 Å². The molecule has 0 saturated carbocycles. The van der Waals surface area contributed by atoms with Gasteiger partial charge in [0.2, 0.25) is 5.88 Å². The highest BCUT2D eigenvalue weighted by Gasteiger charge is 2.05. The molecular weight excluding hydrogens is 168 g/mol. The first-order valence-corrected chi connectivity index (χ1v) is 3.64. The van der Waals surface area contributed by atoms with E-state index in [9.17, 15) is 0 Å². The third-order valence-electron chi connectivity index (χ3n) is 1.47. The number of hydrogen-bond donors (Lipinski definition) is 2. The summed E-state index contributed by atoms with van der Waals surface area (Å²) in [7, 11) is 0. The van der Waals surface area contributed by atoms with Crippen LogP contribution in [0.2, 0.25) is 0 Å². The Bertz CT molecular complexity index is 331. The predicted molar refractivity (Wildman–Crippen MR) is 48.9 cm³/mol. The van der Waals surface area contributed by atoms with Crippen molar-refractivity contribution in [2.24, 2.45) is 5.84 Å². The summed E-state index contributed by atoms with van der Waals surface area (Å²) in [4.78, 5) is 7.79. The molecule has 1 aromatic rings. The monoisotopic (exact) mass is 178 g/mol. The molecule has 3 N–H and O–H groups in total. The van der Waals surface area contributed by atoms with Gasteiger partial charge in [0.05, 0.1) is 5.56 Å². The highest BCUT2D eigenvalue weighted by molar-refractivity contribution is 5.46. The Hall–Kier alpha value is -1.80. The molecule has 1 rings (SSSR count). The summed E-state index contributed by atoms with van der Waals surface area (Å²) < 4.78 is 5.15. The van der Waals surface area contributed by atoms with Crippen molar-refractivity contribution in [1.82, 2.24) is 9.97 Å². The van der Waals surface area contributed by atoms with Crippen molar-refractivity contribution in [1.29, 1.82) is 0 Å². The van der Waals surface area contributed by atoms with E-state index in [0.717, 1.165) is 5.56 Å². The van der Waals surface area contributed by atoms with Gasteiger partial charge in [-0.3, -0.25) is 0 Å². The van der Waals surface area contributed by atoms with Gasteiger partial charge >= 0.3 is 0 Å². The zero-order valence-corrected chi connectivity index (χ0v) is 7.24. The number of nitrogens with one attached hydrogen (secondary N) is 1. The minimum Gasteiger partial charge on any atom is -0.464 e. The van der Waals surface area contributed by atoms with Crippen LogP contribution in [0.3, 0.4) is 0 Å².